The molecule has 2 aliphatic heterocycles. The molecule has 2 aromatic heterocycles. The Kier molecular flexibility index (Phi) is 4.40. The summed E-state index contributed by atoms with van der Waals surface area (Å²) < 4.78 is 10.5. The Morgan fingerprint density at radius 1 is 1.40 bits per heavy atom. The predicted octanol–water partition coefficient (Wildman–Crippen LogP) is 2.53. The third-order valence-electron chi connectivity index (χ3n) is 4.93. The number of rotatable bonds is 3. The number of likely N-dealkylation sites (tertiary alicyclic amines) is 1. The highest BCUT2D eigenvalue weighted by Crippen LogP contribution is 2.28. The topological polar surface area (TPSA) is 84.2 Å². The van der Waals surface area contributed by atoms with Crippen molar-refractivity contribution in [3.63, 3.8) is 0 Å². The average Bonchev–Trinajstić information content (AvgIpc) is 3.36. The number of nitrogens with one attached hydrogen (secondary N) is 1. The fourth-order valence-corrected chi connectivity index (χ4v) is 3.51. The minimum Gasteiger partial charge on any atom is -0.381 e. The van der Waals surface area contributed by atoms with Gasteiger partial charge in [-0.05, 0) is 32.3 Å². The Morgan fingerprint density at radius 3 is 2.92 bits per heavy atom. The van der Waals surface area contributed by atoms with Crippen LogP contribution in [0, 0.1) is 6.92 Å². The summed E-state index contributed by atoms with van der Waals surface area (Å²) in [6.07, 6.45) is 6.37. The summed E-state index contributed by atoms with van der Waals surface area (Å²) in [4.78, 5) is 14.8. The molecule has 0 aromatic carbocycles. The first kappa shape index (κ1) is 16.1. The average molecular weight is 342 g/mol. The van der Waals surface area contributed by atoms with Gasteiger partial charge in [0.05, 0.1) is 24.1 Å². The molecule has 2 saturated heterocycles. The van der Waals surface area contributed by atoms with Crippen molar-refractivity contribution in [2.24, 2.45) is 0 Å². The maximum absolute atomic E-state index is 12.9. The van der Waals surface area contributed by atoms with Gasteiger partial charge in [-0.3, -0.25) is 9.89 Å². The molecule has 0 radical (unpaired) electrons. The fraction of sp³-hybridized carbons (Fsp3) is 0.500. The van der Waals surface area contributed by atoms with E-state index in [1.54, 1.807) is 6.20 Å². The number of carbonyl (C=O) groups is 1. The summed E-state index contributed by atoms with van der Waals surface area (Å²) in [6.45, 7) is 4.72. The van der Waals surface area contributed by atoms with Gasteiger partial charge < -0.3 is 14.2 Å². The third kappa shape index (κ3) is 3.37. The van der Waals surface area contributed by atoms with Crippen LogP contribution in [0.15, 0.2) is 22.4 Å². The van der Waals surface area contributed by atoms with E-state index in [4.69, 9.17) is 9.26 Å². The van der Waals surface area contributed by atoms with E-state index in [1.807, 2.05) is 17.9 Å². The van der Waals surface area contributed by atoms with E-state index >= 15 is 0 Å². The number of aryl methyl sites for hydroxylation is 1. The van der Waals surface area contributed by atoms with Crippen LogP contribution in [0.3, 0.4) is 0 Å². The SMILES string of the molecule is Cc1cc(C=C2CCN(C(=O)c3cn[nH]c3C3CCOC3)CC2)no1. The van der Waals surface area contributed by atoms with Crippen LogP contribution in [-0.2, 0) is 4.74 Å². The normalized spacial score (nSPS) is 20.9. The lowest BCUT2D eigenvalue weighted by Crippen LogP contribution is -2.36. The summed E-state index contributed by atoms with van der Waals surface area (Å²) in [5.41, 5.74) is 3.76. The van der Waals surface area contributed by atoms with E-state index in [-0.39, 0.29) is 11.8 Å². The van der Waals surface area contributed by atoms with Gasteiger partial charge in [0, 0.05) is 31.7 Å². The number of aromatic amines is 1. The molecule has 1 amide bonds. The highest BCUT2D eigenvalue weighted by molar-refractivity contribution is 5.95. The van der Waals surface area contributed by atoms with Crippen LogP contribution in [0.25, 0.3) is 6.08 Å². The van der Waals surface area contributed by atoms with Gasteiger partial charge in [0.1, 0.15) is 11.5 Å². The number of piperidine rings is 1. The Balaban J connectivity index is 1.42. The summed E-state index contributed by atoms with van der Waals surface area (Å²) in [5, 5.41) is 11.1. The molecule has 1 N–H and O–H groups in total. The number of nitrogens with zero attached hydrogens (tertiary/aromatic N) is 3. The van der Waals surface area contributed by atoms with Crippen molar-refractivity contribution in [2.75, 3.05) is 26.3 Å². The zero-order chi connectivity index (χ0) is 17.2. The van der Waals surface area contributed by atoms with Gasteiger partial charge >= 0.3 is 0 Å². The molecule has 2 fully saturated rings. The second kappa shape index (κ2) is 6.84. The van der Waals surface area contributed by atoms with Gasteiger partial charge in [-0.25, -0.2) is 0 Å². The predicted molar refractivity (Wildman–Crippen MR) is 91.1 cm³/mol. The van der Waals surface area contributed by atoms with Gasteiger partial charge in [0.15, 0.2) is 0 Å². The van der Waals surface area contributed by atoms with Crippen LogP contribution in [0.5, 0.6) is 0 Å². The minimum absolute atomic E-state index is 0.0620. The molecule has 0 saturated carbocycles. The molecule has 0 bridgehead atoms. The third-order valence-corrected chi connectivity index (χ3v) is 4.93. The minimum atomic E-state index is 0.0620. The molecule has 132 valence electrons. The van der Waals surface area contributed by atoms with Crippen LogP contribution in [0.4, 0.5) is 0 Å². The first-order valence-corrected chi connectivity index (χ1v) is 8.74. The number of hydrogen-bond acceptors (Lipinski definition) is 5. The maximum atomic E-state index is 12.9. The molecular weight excluding hydrogens is 320 g/mol. The molecule has 1 atom stereocenters. The van der Waals surface area contributed by atoms with E-state index in [2.05, 4.69) is 21.4 Å². The molecule has 4 rings (SSSR count). The molecule has 1 unspecified atom stereocenters. The van der Waals surface area contributed by atoms with Crippen LogP contribution < -0.4 is 0 Å². The van der Waals surface area contributed by atoms with Gasteiger partial charge in [0.2, 0.25) is 0 Å². The first-order chi connectivity index (χ1) is 12.2. The molecular formula is C18H22N4O3. The number of hydrogen-bond donors (Lipinski definition) is 1. The van der Waals surface area contributed by atoms with Crippen LogP contribution >= 0.6 is 0 Å². The van der Waals surface area contributed by atoms with Crippen LogP contribution in [0.2, 0.25) is 0 Å². The summed E-state index contributed by atoms with van der Waals surface area (Å²) in [6, 6.07) is 1.92. The van der Waals surface area contributed by atoms with E-state index in [1.165, 1.54) is 5.57 Å². The summed E-state index contributed by atoms with van der Waals surface area (Å²) in [5.74, 6) is 1.12. The molecule has 7 heteroatoms. The van der Waals surface area contributed by atoms with Crippen molar-refractivity contribution in [1.82, 2.24) is 20.3 Å². The first-order valence-electron chi connectivity index (χ1n) is 8.74. The fourth-order valence-electron chi connectivity index (χ4n) is 3.51. The highest BCUT2D eigenvalue weighted by Gasteiger charge is 2.28. The number of aromatic nitrogens is 3. The highest BCUT2D eigenvalue weighted by atomic mass is 16.5. The molecule has 7 nitrogen and oxygen atoms in total. The molecule has 25 heavy (non-hydrogen) atoms. The molecule has 2 aromatic rings. The van der Waals surface area contributed by atoms with Crippen LogP contribution in [-0.4, -0.2) is 52.5 Å². The largest absolute Gasteiger partial charge is 0.381 e. The number of H-pyrrole nitrogens is 1. The zero-order valence-corrected chi connectivity index (χ0v) is 14.3. The van der Waals surface area contributed by atoms with E-state index in [0.717, 1.165) is 43.0 Å². The van der Waals surface area contributed by atoms with E-state index in [9.17, 15) is 4.79 Å². The second-order valence-corrected chi connectivity index (χ2v) is 6.72. The van der Waals surface area contributed by atoms with E-state index < -0.39 is 0 Å². The standard InChI is InChI=1S/C18H22N4O3/c1-12-8-15(21-25-12)9-13-2-5-22(6-3-13)18(23)16-10-19-20-17(16)14-4-7-24-11-14/h8-10,14H,2-7,11H2,1H3,(H,19,20). The molecule has 0 aliphatic carbocycles. The number of ether oxygens (including phenoxy) is 1. The second-order valence-electron chi connectivity index (χ2n) is 6.72. The van der Waals surface area contributed by atoms with Gasteiger partial charge in [-0.2, -0.15) is 5.10 Å². The zero-order valence-electron chi connectivity index (χ0n) is 14.3. The quantitative estimate of drug-likeness (QED) is 0.926. The van der Waals surface area contributed by atoms with Crippen molar-refractivity contribution in [3.05, 3.63) is 40.5 Å². The van der Waals surface area contributed by atoms with Crippen molar-refractivity contribution < 1.29 is 14.1 Å². The Bertz CT molecular complexity index is 776. The van der Waals surface area contributed by atoms with Crippen molar-refractivity contribution in [3.8, 4) is 0 Å². The van der Waals surface area contributed by atoms with Gasteiger partial charge in [-0.15, -0.1) is 0 Å². The lowest BCUT2D eigenvalue weighted by Gasteiger charge is -2.28. The number of carbonyl (C=O) groups excluding carboxylic acids is 1. The molecule has 2 aliphatic rings. The van der Waals surface area contributed by atoms with Crippen molar-refractivity contribution in [1.29, 1.82) is 0 Å². The molecule has 4 heterocycles. The Morgan fingerprint density at radius 2 is 2.24 bits per heavy atom. The van der Waals surface area contributed by atoms with Gasteiger partial charge in [0.25, 0.3) is 5.91 Å². The Labute approximate surface area is 146 Å². The lowest BCUT2D eigenvalue weighted by molar-refractivity contribution is 0.0742. The number of amides is 1. The van der Waals surface area contributed by atoms with Crippen molar-refractivity contribution in [2.45, 2.75) is 32.1 Å². The Hall–Kier alpha value is -2.41. The lowest BCUT2D eigenvalue weighted by atomic mass is 9.98. The van der Waals surface area contributed by atoms with Gasteiger partial charge in [-0.1, -0.05) is 10.7 Å². The summed E-state index contributed by atoms with van der Waals surface area (Å²) in [7, 11) is 0. The monoisotopic (exact) mass is 342 g/mol. The maximum Gasteiger partial charge on any atom is 0.257 e. The van der Waals surface area contributed by atoms with E-state index in [0.29, 0.717) is 25.3 Å². The smallest absolute Gasteiger partial charge is 0.257 e. The summed E-state index contributed by atoms with van der Waals surface area (Å²) >= 11 is 0. The van der Waals surface area contributed by atoms with Crippen LogP contribution in [0.1, 0.15) is 52.7 Å². The molecule has 0 spiro atoms. The van der Waals surface area contributed by atoms with Crippen molar-refractivity contribution >= 4 is 12.0 Å².